The molecule has 162 valence electrons. The zero-order chi connectivity index (χ0) is 22.8. The van der Waals surface area contributed by atoms with E-state index in [1.54, 1.807) is 43.3 Å². The molecule has 1 amide bonds. The molecule has 1 atom stereocenters. The molecule has 4 aromatic rings. The summed E-state index contributed by atoms with van der Waals surface area (Å²) in [6.45, 7) is 5.36. The minimum atomic E-state index is -0.985. The Hall–Kier alpha value is -3.64. The number of halogens is 1. The lowest BCUT2D eigenvalue weighted by molar-refractivity contribution is -0.123. The Morgan fingerprint density at radius 3 is 2.56 bits per heavy atom. The largest absolute Gasteiger partial charge is 0.449 e. The van der Waals surface area contributed by atoms with Crippen molar-refractivity contribution < 1.29 is 14.3 Å². The highest BCUT2D eigenvalue weighted by atomic mass is 35.5. The summed E-state index contributed by atoms with van der Waals surface area (Å²) in [5.74, 6) is -0.313. The summed E-state index contributed by atoms with van der Waals surface area (Å²) >= 11 is 6.09. The van der Waals surface area contributed by atoms with Crippen molar-refractivity contribution in [2.75, 3.05) is 5.32 Å². The first-order chi connectivity index (χ1) is 15.3. The Morgan fingerprint density at radius 2 is 1.81 bits per heavy atom. The molecule has 0 bridgehead atoms. The second-order valence-corrected chi connectivity index (χ2v) is 8.04. The number of aromatic amines is 1. The van der Waals surface area contributed by atoms with E-state index >= 15 is 0 Å². The molecular weight excluding hydrogens is 426 g/mol. The van der Waals surface area contributed by atoms with Gasteiger partial charge < -0.3 is 15.0 Å². The number of esters is 1. The highest BCUT2D eigenvalue weighted by Crippen LogP contribution is 2.24. The van der Waals surface area contributed by atoms with E-state index in [9.17, 15) is 9.59 Å². The van der Waals surface area contributed by atoms with E-state index in [-0.39, 0.29) is 0 Å². The highest BCUT2D eigenvalue weighted by Gasteiger charge is 2.20. The molecule has 0 saturated carbocycles. The number of hydrogen-bond donors (Lipinski definition) is 2. The van der Waals surface area contributed by atoms with E-state index < -0.39 is 18.0 Å². The minimum Gasteiger partial charge on any atom is -0.449 e. The fourth-order valence-electron chi connectivity index (χ4n) is 3.24. The summed E-state index contributed by atoms with van der Waals surface area (Å²) < 4.78 is 5.38. The van der Waals surface area contributed by atoms with E-state index in [4.69, 9.17) is 16.3 Å². The SMILES string of the molecule is Cc1ccc(-c2nc3ccc(C(=O)OC(C)C(=O)Nc4cccc(Cl)c4C)cc3[nH]2)cc1. The van der Waals surface area contributed by atoms with Gasteiger partial charge >= 0.3 is 5.97 Å². The number of carbonyl (C=O) groups excluding carboxylic acids is 2. The number of carbonyl (C=O) groups is 2. The summed E-state index contributed by atoms with van der Waals surface area (Å²) in [6, 6.07) is 18.3. The van der Waals surface area contributed by atoms with Crippen molar-refractivity contribution in [3.8, 4) is 11.4 Å². The zero-order valence-corrected chi connectivity index (χ0v) is 18.7. The Kier molecular flexibility index (Phi) is 5.97. The normalized spacial score (nSPS) is 11.9. The maximum Gasteiger partial charge on any atom is 0.338 e. The number of nitrogens with zero attached hydrogens (tertiary/aromatic N) is 1. The maximum absolute atomic E-state index is 12.6. The molecule has 0 radical (unpaired) electrons. The van der Waals surface area contributed by atoms with Crippen LogP contribution in [0, 0.1) is 13.8 Å². The first kappa shape index (κ1) is 21.6. The molecule has 6 nitrogen and oxygen atoms in total. The molecular formula is C25H22ClN3O3. The smallest absolute Gasteiger partial charge is 0.338 e. The molecule has 32 heavy (non-hydrogen) atoms. The number of hydrogen-bond acceptors (Lipinski definition) is 4. The summed E-state index contributed by atoms with van der Waals surface area (Å²) in [7, 11) is 0. The van der Waals surface area contributed by atoms with Gasteiger partial charge in [-0.1, -0.05) is 47.5 Å². The lowest BCUT2D eigenvalue weighted by atomic mass is 10.1. The van der Waals surface area contributed by atoms with E-state index in [1.165, 1.54) is 12.5 Å². The Balaban J connectivity index is 1.47. The average Bonchev–Trinajstić information content (AvgIpc) is 3.20. The second-order valence-electron chi connectivity index (χ2n) is 7.63. The van der Waals surface area contributed by atoms with Crippen molar-refractivity contribution in [2.45, 2.75) is 26.9 Å². The fraction of sp³-hybridized carbons (Fsp3) is 0.160. The molecule has 2 N–H and O–H groups in total. The third-order valence-corrected chi connectivity index (χ3v) is 5.63. The van der Waals surface area contributed by atoms with Crippen LogP contribution >= 0.6 is 11.6 Å². The van der Waals surface area contributed by atoms with Crippen molar-refractivity contribution in [3.63, 3.8) is 0 Å². The van der Waals surface area contributed by atoms with Crippen LogP contribution in [-0.2, 0) is 9.53 Å². The number of nitrogens with one attached hydrogen (secondary N) is 2. The van der Waals surface area contributed by atoms with Crippen LogP contribution < -0.4 is 5.32 Å². The van der Waals surface area contributed by atoms with Crippen LogP contribution in [0.4, 0.5) is 5.69 Å². The number of aromatic nitrogens is 2. The van der Waals surface area contributed by atoms with Crippen LogP contribution in [0.1, 0.15) is 28.4 Å². The van der Waals surface area contributed by atoms with Crippen LogP contribution in [0.2, 0.25) is 5.02 Å². The lowest BCUT2D eigenvalue weighted by Crippen LogP contribution is -2.30. The molecule has 4 rings (SSSR count). The van der Waals surface area contributed by atoms with Gasteiger partial charge in [-0.2, -0.15) is 0 Å². The molecule has 0 fully saturated rings. The van der Waals surface area contributed by atoms with E-state index in [0.29, 0.717) is 21.8 Å². The molecule has 7 heteroatoms. The number of anilines is 1. The van der Waals surface area contributed by atoms with Gasteiger partial charge in [-0.05, 0) is 56.7 Å². The number of amides is 1. The molecule has 0 aliphatic rings. The molecule has 1 heterocycles. The third-order valence-electron chi connectivity index (χ3n) is 5.22. The van der Waals surface area contributed by atoms with Crippen molar-refractivity contribution >= 4 is 40.2 Å². The molecule has 1 unspecified atom stereocenters. The van der Waals surface area contributed by atoms with Gasteiger partial charge in [0.25, 0.3) is 5.91 Å². The van der Waals surface area contributed by atoms with E-state index in [2.05, 4.69) is 15.3 Å². The van der Waals surface area contributed by atoms with Gasteiger partial charge in [0.05, 0.1) is 16.6 Å². The van der Waals surface area contributed by atoms with Crippen LogP contribution in [-0.4, -0.2) is 27.9 Å². The van der Waals surface area contributed by atoms with Crippen LogP contribution in [0.5, 0.6) is 0 Å². The topological polar surface area (TPSA) is 84.1 Å². The molecule has 0 aliphatic heterocycles. The summed E-state index contributed by atoms with van der Waals surface area (Å²) in [4.78, 5) is 32.9. The molecule has 1 aromatic heterocycles. The van der Waals surface area contributed by atoms with Crippen molar-refractivity contribution in [1.82, 2.24) is 9.97 Å². The van der Waals surface area contributed by atoms with Crippen LogP contribution in [0.15, 0.2) is 60.7 Å². The summed E-state index contributed by atoms with van der Waals surface area (Å²) in [5, 5.41) is 3.29. The fourth-order valence-corrected chi connectivity index (χ4v) is 3.42. The predicted octanol–water partition coefficient (Wildman–Crippen LogP) is 5.68. The lowest BCUT2D eigenvalue weighted by Gasteiger charge is -2.15. The Morgan fingerprint density at radius 1 is 1.06 bits per heavy atom. The van der Waals surface area contributed by atoms with Gasteiger partial charge in [0.15, 0.2) is 6.10 Å². The third kappa shape index (κ3) is 4.50. The number of H-pyrrole nitrogens is 1. The first-order valence-corrected chi connectivity index (χ1v) is 10.5. The van der Waals surface area contributed by atoms with Crippen molar-refractivity contribution in [1.29, 1.82) is 0 Å². The number of imidazole rings is 1. The number of aryl methyl sites for hydroxylation is 1. The van der Waals surface area contributed by atoms with Crippen molar-refractivity contribution in [3.05, 3.63) is 82.4 Å². The predicted molar refractivity (Wildman–Crippen MR) is 126 cm³/mol. The zero-order valence-electron chi connectivity index (χ0n) is 17.9. The van der Waals surface area contributed by atoms with Crippen molar-refractivity contribution in [2.24, 2.45) is 0 Å². The number of benzene rings is 3. The van der Waals surface area contributed by atoms with Crippen LogP contribution in [0.3, 0.4) is 0 Å². The first-order valence-electron chi connectivity index (χ1n) is 10.2. The van der Waals surface area contributed by atoms with Gasteiger partial charge in [-0.15, -0.1) is 0 Å². The van der Waals surface area contributed by atoms with Gasteiger partial charge in [-0.25, -0.2) is 9.78 Å². The summed E-state index contributed by atoms with van der Waals surface area (Å²) in [6.07, 6.45) is -0.985. The second kappa shape index (κ2) is 8.85. The Labute approximate surface area is 190 Å². The monoisotopic (exact) mass is 447 g/mol. The van der Waals surface area contributed by atoms with Gasteiger partial charge in [-0.3, -0.25) is 4.79 Å². The van der Waals surface area contributed by atoms with Gasteiger partial charge in [0.1, 0.15) is 5.82 Å². The molecule has 0 aliphatic carbocycles. The van der Waals surface area contributed by atoms with Gasteiger partial charge in [0.2, 0.25) is 0 Å². The van der Waals surface area contributed by atoms with Crippen LogP contribution in [0.25, 0.3) is 22.4 Å². The standard InChI is InChI=1S/C25H22ClN3O3/c1-14-7-9-17(10-8-14)23-27-21-12-11-18(13-22(21)28-23)25(31)32-16(3)24(30)29-20-6-4-5-19(26)15(20)2/h4-13,16H,1-3H3,(H,27,28)(H,29,30). The molecule has 3 aromatic carbocycles. The maximum atomic E-state index is 12.6. The van der Waals surface area contributed by atoms with E-state index in [0.717, 1.165) is 22.5 Å². The average molecular weight is 448 g/mol. The number of ether oxygens (including phenoxy) is 1. The number of rotatable bonds is 5. The highest BCUT2D eigenvalue weighted by molar-refractivity contribution is 6.31. The quantitative estimate of drug-likeness (QED) is 0.385. The molecule has 0 spiro atoms. The molecule has 0 saturated heterocycles. The number of fused-ring (bicyclic) bond motifs is 1. The minimum absolute atomic E-state index is 0.329. The Bertz CT molecular complexity index is 1310. The summed E-state index contributed by atoms with van der Waals surface area (Å²) in [5.41, 5.74) is 5.22. The van der Waals surface area contributed by atoms with Gasteiger partial charge in [0, 0.05) is 16.3 Å². The van der Waals surface area contributed by atoms with E-state index in [1.807, 2.05) is 31.2 Å².